The molecule has 0 aromatic heterocycles. The number of nitro groups is 1. The first-order valence-corrected chi connectivity index (χ1v) is 14.4. The largest absolute Gasteiger partial charge is 0.456 e. The highest BCUT2D eigenvalue weighted by Gasteiger charge is 2.55. The number of β-lactam (4-membered cyclic amide) rings is 1. The molecule has 1 amide bonds. The minimum absolute atomic E-state index is 0.0656. The highest BCUT2D eigenvalue weighted by atomic mass is 32.2. The number of carbonyl (C=O) groups excluding carboxylic acids is 2. The van der Waals surface area contributed by atoms with Crippen molar-refractivity contribution in [1.29, 1.82) is 0 Å². The smallest absolute Gasteiger partial charge is 0.405 e. The van der Waals surface area contributed by atoms with Gasteiger partial charge < -0.3 is 18.7 Å². The van der Waals surface area contributed by atoms with Gasteiger partial charge in [-0.05, 0) is 54.8 Å². The second-order valence-electron chi connectivity index (χ2n) is 8.67. The number of allylic oxidation sites excluding steroid dienone is 1. The minimum atomic E-state index is -3.67. The van der Waals surface area contributed by atoms with E-state index in [-0.39, 0.29) is 18.0 Å². The average Bonchev–Trinajstić information content (AvgIpc) is 2.93. The van der Waals surface area contributed by atoms with Crippen molar-refractivity contribution in [2.75, 3.05) is 33.1 Å². The summed E-state index contributed by atoms with van der Waals surface area (Å²) in [4.78, 5) is 40.3. The monoisotopic (exact) mass is 552 g/mol. The fraction of sp³-hybridized carbons (Fsp3) is 0.478. The second-order valence-corrected chi connectivity index (χ2v) is 11.8. The van der Waals surface area contributed by atoms with Crippen molar-refractivity contribution in [3.8, 4) is 0 Å². The lowest BCUT2D eigenvalue weighted by atomic mass is 10.0. The molecule has 0 radical (unpaired) electrons. The standard InChI is InChI=1S/C23H29N4O8PS/c1-33-36(32,34-2)24-19-21(28)26-20(23(29)35-14-16-6-8-18(9-7-16)27(30)31)17(15-37-22(19)26)10-13-25-11-4-3-5-12-25/h6-10,13,19,22H,3-5,11-12,14-15H2,1-2H3,(H,24,32). The molecule has 3 aliphatic rings. The molecule has 2 unspecified atom stereocenters. The lowest BCUT2D eigenvalue weighted by Gasteiger charge is -2.49. The Morgan fingerprint density at radius 1 is 1.22 bits per heavy atom. The fourth-order valence-corrected chi connectivity index (χ4v) is 6.66. The Balaban J connectivity index is 1.55. The van der Waals surface area contributed by atoms with Crippen molar-refractivity contribution in [2.24, 2.45) is 0 Å². The zero-order chi connectivity index (χ0) is 26.6. The van der Waals surface area contributed by atoms with E-state index in [0.29, 0.717) is 16.9 Å². The number of rotatable bonds is 10. The molecule has 2 saturated heterocycles. The van der Waals surface area contributed by atoms with Gasteiger partial charge in [0.15, 0.2) is 0 Å². The van der Waals surface area contributed by atoms with Crippen molar-refractivity contribution in [2.45, 2.75) is 37.3 Å². The molecule has 37 heavy (non-hydrogen) atoms. The van der Waals surface area contributed by atoms with Crippen LogP contribution in [-0.2, 0) is 34.5 Å². The first-order valence-electron chi connectivity index (χ1n) is 11.8. The number of fused-ring (bicyclic) bond motifs is 1. The third-order valence-electron chi connectivity index (χ3n) is 6.36. The molecule has 4 rings (SSSR count). The molecule has 2 fully saturated rings. The molecule has 0 spiro atoms. The first-order chi connectivity index (χ1) is 17.8. The zero-order valence-electron chi connectivity index (χ0n) is 20.5. The zero-order valence-corrected chi connectivity index (χ0v) is 22.2. The van der Waals surface area contributed by atoms with Gasteiger partial charge in [0.2, 0.25) is 5.91 Å². The van der Waals surface area contributed by atoms with Crippen LogP contribution in [0.15, 0.2) is 47.8 Å². The van der Waals surface area contributed by atoms with E-state index in [4.69, 9.17) is 13.8 Å². The molecule has 12 nitrogen and oxygen atoms in total. The van der Waals surface area contributed by atoms with Crippen LogP contribution in [0, 0.1) is 10.1 Å². The van der Waals surface area contributed by atoms with Gasteiger partial charge in [0, 0.05) is 45.2 Å². The Bertz CT molecular complexity index is 1140. The summed E-state index contributed by atoms with van der Waals surface area (Å²) in [6.45, 7) is 1.74. The lowest BCUT2D eigenvalue weighted by molar-refractivity contribution is -0.384. The number of carbonyl (C=O) groups is 2. The summed E-state index contributed by atoms with van der Waals surface area (Å²) in [5.74, 6) is -0.698. The van der Waals surface area contributed by atoms with Crippen LogP contribution in [0.2, 0.25) is 0 Å². The number of benzene rings is 1. The predicted molar refractivity (Wildman–Crippen MR) is 136 cm³/mol. The van der Waals surface area contributed by atoms with E-state index < -0.39 is 36.0 Å². The molecule has 1 aromatic rings. The molecule has 14 heteroatoms. The van der Waals surface area contributed by atoms with Gasteiger partial charge in [0.25, 0.3) is 5.69 Å². The van der Waals surface area contributed by atoms with E-state index in [1.54, 1.807) is 0 Å². The number of piperidine rings is 1. The van der Waals surface area contributed by atoms with E-state index >= 15 is 0 Å². The fourth-order valence-electron chi connectivity index (χ4n) is 4.29. The normalized spacial score (nSPS) is 22.2. The molecule has 0 saturated carbocycles. The maximum atomic E-state index is 13.3. The number of ether oxygens (including phenoxy) is 1. The van der Waals surface area contributed by atoms with Crippen LogP contribution in [0.4, 0.5) is 5.69 Å². The number of likely N-dealkylation sites (tertiary alicyclic amines) is 1. The van der Waals surface area contributed by atoms with Crippen LogP contribution in [0.25, 0.3) is 0 Å². The van der Waals surface area contributed by atoms with Gasteiger partial charge in [-0.15, -0.1) is 11.8 Å². The first kappa shape index (κ1) is 27.3. The van der Waals surface area contributed by atoms with Crippen LogP contribution in [0.1, 0.15) is 24.8 Å². The Morgan fingerprint density at radius 2 is 1.89 bits per heavy atom. The van der Waals surface area contributed by atoms with Gasteiger partial charge in [0.1, 0.15) is 23.7 Å². The summed E-state index contributed by atoms with van der Waals surface area (Å²) in [6.07, 6.45) is 7.18. The van der Waals surface area contributed by atoms with E-state index in [2.05, 4.69) is 9.99 Å². The summed E-state index contributed by atoms with van der Waals surface area (Å²) >= 11 is 1.43. The molecule has 3 heterocycles. The summed E-state index contributed by atoms with van der Waals surface area (Å²) in [5, 5.41) is 13.0. The van der Waals surface area contributed by atoms with E-state index in [1.165, 1.54) is 61.6 Å². The molecule has 2 atom stereocenters. The van der Waals surface area contributed by atoms with Crippen molar-refractivity contribution in [1.82, 2.24) is 14.9 Å². The van der Waals surface area contributed by atoms with Crippen LogP contribution >= 0.6 is 19.5 Å². The number of nitrogens with zero attached hydrogens (tertiary/aromatic N) is 3. The maximum absolute atomic E-state index is 13.3. The molecule has 200 valence electrons. The summed E-state index contributed by atoms with van der Waals surface area (Å²) < 4.78 is 27.9. The Kier molecular flexibility index (Phi) is 8.71. The number of non-ortho nitro benzene ring substituents is 1. The van der Waals surface area contributed by atoms with Crippen molar-refractivity contribution in [3.63, 3.8) is 0 Å². The molecular weight excluding hydrogens is 523 g/mol. The highest BCUT2D eigenvalue weighted by molar-refractivity contribution is 8.00. The molecule has 1 N–H and O–H groups in total. The van der Waals surface area contributed by atoms with Gasteiger partial charge in [-0.1, -0.05) is 0 Å². The van der Waals surface area contributed by atoms with Crippen molar-refractivity contribution in [3.05, 3.63) is 63.5 Å². The number of thioether (sulfide) groups is 1. The van der Waals surface area contributed by atoms with Crippen LogP contribution in [-0.4, -0.2) is 71.1 Å². The third-order valence-corrected chi connectivity index (χ3v) is 9.22. The SMILES string of the molecule is COP(=O)(NC1C(=O)N2C(C(=O)OCc3ccc([N+](=O)[O-])cc3)=C(C=CN3CCCCC3)CSC12)OC. The summed E-state index contributed by atoms with van der Waals surface area (Å²) in [5.41, 5.74) is 1.28. The average molecular weight is 553 g/mol. The Morgan fingerprint density at radius 3 is 2.51 bits per heavy atom. The number of nitrogens with one attached hydrogen (secondary N) is 1. The van der Waals surface area contributed by atoms with E-state index in [0.717, 1.165) is 25.9 Å². The number of nitro benzene ring substituents is 1. The maximum Gasteiger partial charge on any atom is 0.405 e. The molecule has 0 aliphatic carbocycles. The Hall–Kier alpha value is -2.70. The molecular formula is C23H29N4O8PS. The van der Waals surface area contributed by atoms with Gasteiger partial charge in [-0.3, -0.25) is 19.8 Å². The second kappa shape index (κ2) is 11.8. The highest BCUT2D eigenvalue weighted by Crippen LogP contribution is 2.48. The summed E-state index contributed by atoms with van der Waals surface area (Å²) in [7, 11) is -1.23. The quantitative estimate of drug-likeness (QED) is 0.150. The van der Waals surface area contributed by atoms with E-state index in [9.17, 15) is 24.3 Å². The molecule has 3 aliphatic heterocycles. The van der Waals surface area contributed by atoms with Gasteiger partial charge >= 0.3 is 13.7 Å². The van der Waals surface area contributed by atoms with Crippen molar-refractivity contribution >= 4 is 37.1 Å². The van der Waals surface area contributed by atoms with Crippen LogP contribution in [0.3, 0.4) is 0 Å². The van der Waals surface area contributed by atoms with Gasteiger partial charge in [-0.2, -0.15) is 0 Å². The molecule has 1 aromatic carbocycles. The van der Waals surface area contributed by atoms with Gasteiger partial charge in [0.05, 0.1) is 4.92 Å². The number of hydrogen-bond acceptors (Lipinski definition) is 10. The topological polar surface area (TPSA) is 141 Å². The number of hydrogen-bond donors (Lipinski definition) is 1. The summed E-state index contributed by atoms with van der Waals surface area (Å²) in [6, 6.07) is 4.83. The van der Waals surface area contributed by atoms with E-state index in [1.807, 2.05) is 12.3 Å². The number of esters is 1. The predicted octanol–water partition coefficient (Wildman–Crippen LogP) is 3.17. The Labute approximate surface area is 218 Å². The van der Waals surface area contributed by atoms with Crippen LogP contribution < -0.4 is 5.09 Å². The lowest BCUT2D eigenvalue weighted by Crippen LogP contribution is -2.69. The van der Waals surface area contributed by atoms with Crippen molar-refractivity contribution < 1.29 is 32.9 Å². The third kappa shape index (κ3) is 6.07. The van der Waals surface area contributed by atoms with Gasteiger partial charge in [-0.25, -0.2) is 14.4 Å². The molecule has 0 bridgehead atoms. The minimum Gasteiger partial charge on any atom is -0.456 e. The van der Waals surface area contributed by atoms with Crippen LogP contribution in [0.5, 0.6) is 0 Å². The number of amides is 1.